The van der Waals surface area contributed by atoms with Crippen molar-refractivity contribution in [1.82, 2.24) is 9.97 Å². The molecule has 0 aliphatic rings. The average Bonchev–Trinajstić information content (AvgIpc) is 2.00. The molecule has 0 N–H and O–H groups in total. The summed E-state index contributed by atoms with van der Waals surface area (Å²) in [5.41, 5.74) is 0.908. The molecule has 1 heterocycles. The average molecular weight is 230 g/mol. The van der Waals surface area contributed by atoms with E-state index in [1.807, 2.05) is 0 Å². The Morgan fingerprint density at radius 3 is 2.50 bits per heavy atom. The van der Waals surface area contributed by atoms with Gasteiger partial charge in [0.05, 0.1) is 0 Å². The van der Waals surface area contributed by atoms with Crippen molar-refractivity contribution < 1.29 is 0 Å². The molecule has 0 unspecified atom stereocenters. The molecule has 0 spiro atoms. The summed E-state index contributed by atoms with van der Waals surface area (Å²) in [5, 5.41) is 0.795. The van der Waals surface area contributed by atoms with Gasteiger partial charge in [0, 0.05) is 11.8 Å². The van der Waals surface area contributed by atoms with Crippen LogP contribution in [0.5, 0.6) is 0 Å². The molecule has 1 rings (SSSR count). The van der Waals surface area contributed by atoms with Crippen LogP contribution in [0.2, 0.25) is 15.8 Å². The van der Waals surface area contributed by atoms with Crippen molar-refractivity contribution in [1.29, 1.82) is 0 Å². The molecule has 0 saturated heterocycles. The molecule has 0 bridgehead atoms. The molecular weight excluding hydrogens is 218 g/mol. The minimum atomic E-state index is 0.170. The fourth-order valence-electron chi connectivity index (χ4n) is 0.919. The van der Waals surface area contributed by atoms with Crippen LogP contribution in [0.25, 0.3) is 0 Å². The Morgan fingerprint density at radius 2 is 2.00 bits per heavy atom. The normalized spacial score (nSPS) is 11.5. The highest BCUT2D eigenvalue weighted by atomic mass is 35.5. The second-order valence-corrected chi connectivity index (χ2v) is 4.93. The fraction of sp³-hybridized carbons (Fsp3) is 0.556. The number of rotatable bonds is 2. The zero-order chi connectivity index (χ0) is 10.8. The van der Waals surface area contributed by atoms with E-state index in [1.165, 1.54) is 0 Å². The van der Waals surface area contributed by atoms with Gasteiger partial charge in [-0.2, -0.15) is 0 Å². The third kappa shape index (κ3) is 3.85. The first-order chi connectivity index (χ1) is 6.38. The molecule has 0 aromatic carbocycles. The highest BCUT2D eigenvalue weighted by Gasteiger charge is 2.13. The summed E-state index contributed by atoms with van der Waals surface area (Å²) in [7, 11) is 2.17. The number of aromatic nitrogens is 2. The van der Waals surface area contributed by atoms with Crippen molar-refractivity contribution in [2.24, 2.45) is 0 Å². The van der Waals surface area contributed by atoms with Crippen LogP contribution in [0.15, 0.2) is 6.20 Å². The van der Waals surface area contributed by atoms with Crippen LogP contribution in [0.1, 0.15) is 26.3 Å². The lowest BCUT2D eigenvalue weighted by molar-refractivity contribution is 0.748. The molecule has 75 valence electrons. The van der Waals surface area contributed by atoms with E-state index in [4.69, 9.17) is 23.2 Å². The van der Waals surface area contributed by atoms with E-state index >= 15 is 0 Å². The Hall–Kier alpha value is -0.275. The molecule has 1 aromatic heterocycles. The lowest BCUT2D eigenvalue weighted by Crippen LogP contribution is -2.12. The molecular formula is C9H12BCl2N2. The Kier molecular flexibility index (Phi) is 3.79. The zero-order valence-corrected chi connectivity index (χ0v) is 10.0. The van der Waals surface area contributed by atoms with Gasteiger partial charge in [-0.25, -0.2) is 9.97 Å². The fourth-order valence-corrected chi connectivity index (χ4v) is 1.30. The van der Waals surface area contributed by atoms with Gasteiger partial charge >= 0.3 is 0 Å². The van der Waals surface area contributed by atoms with Crippen LogP contribution < -0.4 is 0 Å². The van der Waals surface area contributed by atoms with Crippen LogP contribution in [0.4, 0.5) is 0 Å². The van der Waals surface area contributed by atoms with Crippen molar-refractivity contribution in [2.45, 2.75) is 32.4 Å². The Labute approximate surface area is 95.3 Å². The largest absolute Gasteiger partial charge is 0.226 e. The molecule has 5 heteroatoms. The second-order valence-electron chi connectivity index (χ2n) is 4.23. The molecule has 2 nitrogen and oxygen atoms in total. The van der Waals surface area contributed by atoms with Gasteiger partial charge in [0.15, 0.2) is 0 Å². The van der Waals surface area contributed by atoms with Crippen molar-refractivity contribution in [3.05, 3.63) is 22.2 Å². The Balaban J connectivity index is 2.68. The molecule has 1 radical (unpaired) electrons. The standard InChI is InChI=1S/C9H12BCl2N2/c1-9(2,3)10-4-6-5-13-8(12)14-7(6)11/h5H,4H2,1-3H3. The first-order valence-corrected chi connectivity index (χ1v) is 5.15. The molecule has 0 aliphatic heterocycles. The molecule has 0 saturated carbocycles. The van der Waals surface area contributed by atoms with E-state index in [0.717, 1.165) is 11.9 Å². The maximum Gasteiger partial charge on any atom is 0.223 e. The molecule has 0 atom stereocenters. The van der Waals surface area contributed by atoms with E-state index < -0.39 is 0 Å². The Bertz CT molecular complexity index is 323. The van der Waals surface area contributed by atoms with Crippen molar-refractivity contribution in [3.8, 4) is 0 Å². The van der Waals surface area contributed by atoms with Crippen LogP contribution in [0.3, 0.4) is 0 Å². The number of hydrogen-bond acceptors (Lipinski definition) is 2. The summed E-state index contributed by atoms with van der Waals surface area (Å²) in [4.78, 5) is 7.76. The molecule has 14 heavy (non-hydrogen) atoms. The summed E-state index contributed by atoms with van der Waals surface area (Å²) >= 11 is 11.5. The van der Waals surface area contributed by atoms with E-state index in [0.29, 0.717) is 5.15 Å². The van der Waals surface area contributed by atoms with Gasteiger partial charge in [-0.15, -0.1) is 0 Å². The van der Waals surface area contributed by atoms with Gasteiger partial charge in [0.1, 0.15) is 12.4 Å². The van der Waals surface area contributed by atoms with E-state index in [9.17, 15) is 0 Å². The summed E-state index contributed by atoms with van der Waals surface area (Å²) in [6.07, 6.45) is 2.43. The highest BCUT2D eigenvalue weighted by molar-refractivity contribution is 6.40. The third-order valence-corrected chi connectivity index (χ3v) is 2.23. The summed E-state index contributed by atoms with van der Waals surface area (Å²) in [6, 6.07) is 0. The van der Waals surface area contributed by atoms with Gasteiger partial charge in [0.25, 0.3) is 0 Å². The monoisotopic (exact) mass is 229 g/mol. The zero-order valence-electron chi connectivity index (χ0n) is 8.51. The van der Waals surface area contributed by atoms with Crippen LogP contribution in [-0.4, -0.2) is 17.2 Å². The van der Waals surface area contributed by atoms with Crippen LogP contribution in [0, 0.1) is 0 Å². The van der Waals surface area contributed by atoms with Gasteiger partial charge < -0.3 is 0 Å². The van der Waals surface area contributed by atoms with Gasteiger partial charge in [-0.05, 0) is 11.6 Å². The summed E-state index contributed by atoms with van der Waals surface area (Å²) < 4.78 is 0. The first kappa shape index (κ1) is 11.8. The maximum absolute atomic E-state index is 5.90. The number of hydrogen-bond donors (Lipinski definition) is 0. The molecule has 0 aliphatic carbocycles. The van der Waals surface area contributed by atoms with Crippen molar-refractivity contribution in [3.63, 3.8) is 0 Å². The number of halogens is 2. The van der Waals surface area contributed by atoms with Crippen molar-refractivity contribution >= 4 is 30.5 Å². The molecule has 1 aromatic rings. The van der Waals surface area contributed by atoms with E-state index in [2.05, 4.69) is 38.0 Å². The predicted octanol–water partition coefficient (Wildman–Crippen LogP) is 3.21. The quantitative estimate of drug-likeness (QED) is 0.442. The van der Waals surface area contributed by atoms with Gasteiger partial charge in [-0.1, -0.05) is 44.0 Å². The smallest absolute Gasteiger partial charge is 0.223 e. The van der Waals surface area contributed by atoms with Gasteiger partial charge in [0.2, 0.25) is 5.28 Å². The molecule has 0 amide bonds. The Morgan fingerprint density at radius 1 is 1.36 bits per heavy atom. The van der Waals surface area contributed by atoms with E-state index in [1.54, 1.807) is 6.20 Å². The highest BCUT2D eigenvalue weighted by Crippen LogP contribution is 2.23. The van der Waals surface area contributed by atoms with Crippen molar-refractivity contribution in [2.75, 3.05) is 0 Å². The summed E-state index contributed by atoms with van der Waals surface area (Å²) in [5.74, 6) is 0. The van der Waals surface area contributed by atoms with Crippen LogP contribution >= 0.6 is 23.2 Å². The SMILES string of the molecule is CC(C)(C)[B]Cc1cnc(Cl)nc1Cl. The topological polar surface area (TPSA) is 25.8 Å². The van der Waals surface area contributed by atoms with Crippen LogP contribution in [-0.2, 0) is 6.32 Å². The first-order valence-electron chi connectivity index (χ1n) is 4.40. The maximum atomic E-state index is 5.90. The lowest BCUT2D eigenvalue weighted by atomic mass is 9.52. The molecule has 0 fully saturated rings. The van der Waals surface area contributed by atoms with E-state index in [-0.39, 0.29) is 10.6 Å². The number of nitrogens with zero attached hydrogens (tertiary/aromatic N) is 2. The minimum absolute atomic E-state index is 0.170. The lowest BCUT2D eigenvalue weighted by Gasteiger charge is -2.16. The van der Waals surface area contributed by atoms with Gasteiger partial charge in [-0.3, -0.25) is 0 Å². The predicted molar refractivity (Wildman–Crippen MR) is 61.2 cm³/mol. The summed E-state index contributed by atoms with van der Waals surface area (Å²) in [6.45, 7) is 6.41. The third-order valence-electron chi connectivity index (χ3n) is 1.72. The minimum Gasteiger partial charge on any atom is -0.226 e. The second kappa shape index (κ2) is 4.50.